The molecular weight excluding hydrogens is 255 g/mol. The summed E-state index contributed by atoms with van der Waals surface area (Å²) >= 11 is 0. The number of carbonyl (C=O) groups is 1. The minimum atomic E-state index is -0.698. The molecule has 0 saturated heterocycles. The molecule has 2 fully saturated rings. The Bertz CT molecular complexity index is 552. The van der Waals surface area contributed by atoms with Crippen molar-refractivity contribution >= 4 is 5.91 Å². The van der Waals surface area contributed by atoms with E-state index >= 15 is 0 Å². The van der Waals surface area contributed by atoms with E-state index in [-0.39, 0.29) is 28.3 Å². The summed E-state index contributed by atoms with van der Waals surface area (Å²) in [5.74, 6) is -0.393. The largest absolute Gasteiger partial charge is 0.348 e. The second kappa shape index (κ2) is 4.27. The van der Waals surface area contributed by atoms with Crippen LogP contribution < -0.4 is 5.32 Å². The van der Waals surface area contributed by atoms with E-state index in [1.165, 1.54) is 18.7 Å². The molecule has 1 aromatic rings. The minimum Gasteiger partial charge on any atom is -0.348 e. The van der Waals surface area contributed by atoms with Gasteiger partial charge < -0.3 is 5.32 Å². The van der Waals surface area contributed by atoms with Crippen LogP contribution in [0.3, 0.4) is 0 Å². The number of hydrogen-bond donors (Lipinski definition) is 1. The van der Waals surface area contributed by atoms with Gasteiger partial charge in [-0.3, -0.25) is 4.79 Å². The van der Waals surface area contributed by atoms with Crippen LogP contribution in [0, 0.1) is 22.7 Å². The first kappa shape index (κ1) is 13.5. The van der Waals surface area contributed by atoms with Gasteiger partial charge in [-0.1, -0.05) is 20.8 Å². The lowest BCUT2D eigenvalue weighted by Gasteiger charge is -2.43. The van der Waals surface area contributed by atoms with Crippen molar-refractivity contribution in [3.8, 4) is 0 Å². The van der Waals surface area contributed by atoms with Crippen LogP contribution in [-0.2, 0) is 0 Å². The predicted octanol–water partition coefficient (Wildman–Crippen LogP) is 3.17. The molecule has 1 aromatic heterocycles. The summed E-state index contributed by atoms with van der Waals surface area (Å²) in [7, 11) is 0. The number of fused-ring (bicyclic) bond motifs is 2. The molecule has 1 amide bonds. The number of amides is 1. The van der Waals surface area contributed by atoms with Crippen LogP contribution in [0.5, 0.6) is 0 Å². The number of nitrogens with one attached hydrogen (secondary N) is 1. The van der Waals surface area contributed by atoms with E-state index in [2.05, 4.69) is 31.1 Å². The van der Waals surface area contributed by atoms with Gasteiger partial charge in [0.1, 0.15) is 0 Å². The Morgan fingerprint density at radius 1 is 1.45 bits per heavy atom. The average molecular weight is 276 g/mol. The number of aromatic nitrogens is 1. The Kier molecular flexibility index (Phi) is 2.89. The number of nitrogens with zero attached hydrogens (tertiary/aromatic N) is 1. The molecule has 108 valence electrons. The predicted molar refractivity (Wildman–Crippen MR) is 74.7 cm³/mol. The van der Waals surface area contributed by atoms with Gasteiger partial charge in [-0.2, -0.15) is 4.39 Å². The van der Waals surface area contributed by atoms with Crippen molar-refractivity contribution in [2.24, 2.45) is 16.7 Å². The minimum absolute atomic E-state index is 0.0367. The molecule has 1 N–H and O–H groups in total. The summed E-state index contributed by atoms with van der Waals surface area (Å²) < 4.78 is 13.6. The van der Waals surface area contributed by atoms with E-state index in [1.807, 2.05) is 0 Å². The maximum Gasteiger partial charge on any atom is 0.256 e. The van der Waals surface area contributed by atoms with Crippen molar-refractivity contribution in [2.45, 2.75) is 46.1 Å². The van der Waals surface area contributed by atoms with Gasteiger partial charge in [0, 0.05) is 12.2 Å². The van der Waals surface area contributed by atoms with E-state index in [0.717, 1.165) is 12.8 Å². The first-order valence-corrected chi connectivity index (χ1v) is 7.26. The van der Waals surface area contributed by atoms with Crippen molar-refractivity contribution in [2.75, 3.05) is 0 Å². The van der Waals surface area contributed by atoms with Gasteiger partial charge in [0.15, 0.2) is 0 Å². The molecule has 0 radical (unpaired) electrons. The molecule has 3 nitrogen and oxygen atoms in total. The van der Waals surface area contributed by atoms with Crippen LogP contribution in [0.1, 0.15) is 50.4 Å². The first-order valence-electron chi connectivity index (χ1n) is 7.26. The van der Waals surface area contributed by atoms with Crippen molar-refractivity contribution in [3.63, 3.8) is 0 Å². The van der Waals surface area contributed by atoms with Crippen molar-refractivity contribution < 1.29 is 9.18 Å². The Labute approximate surface area is 119 Å². The van der Waals surface area contributed by atoms with Crippen LogP contribution in [-0.4, -0.2) is 16.9 Å². The van der Waals surface area contributed by atoms with Crippen LogP contribution in [0.15, 0.2) is 18.3 Å². The molecule has 2 bridgehead atoms. The molecule has 0 aliphatic heterocycles. The highest BCUT2D eigenvalue weighted by atomic mass is 19.1. The zero-order chi connectivity index (χ0) is 14.5. The lowest BCUT2D eigenvalue weighted by atomic mass is 9.68. The monoisotopic (exact) mass is 276 g/mol. The van der Waals surface area contributed by atoms with E-state index < -0.39 is 5.95 Å². The highest BCUT2D eigenvalue weighted by Crippen LogP contribution is 2.62. The lowest BCUT2D eigenvalue weighted by Crippen LogP contribution is -2.52. The van der Waals surface area contributed by atoms with Gasteiger partial charge in [-0.25, -0.2) is 4.98 Å². The first-order chi connectivity index (χ1) is 9.34. The van der Waals surface area contributed by atoms with Crippen LogP contribution in [0.25, 0.3) is 0 Å². The Morgan fingerprint density at radius 2 is 2.20 bits per heavy atom. The molecule has 3 rings (SSSR count). The molecular formula is C16H21FN2O. The topological polar surface area (TPSA) is 42.0 Å². The maximum atomic E-state index is 13.6. The van der Waals surface area contributed by atoms with Crippen LogP contribution in [0.4, 0.5) is 4.39 Å². The number of carbonyl (C=O) groups excluding carboxylic acids is 1. The molecule has 2 aliphatic rings. The van der Waals surface area contributed by atoms with E-state index in [4.69, 9.17) is 0 Å². The normalized spacial score (nSPS) is 34.2. The molecule has 3 atom stereocenters. The summed E-state index contributed by atoms with van der Waals surface area (Å²) in [5, 5.41) is 3.08. The molecule has 0 spiro atoms. The highest BCUT2D eigenvalue weighted by molar-refractivity contribution is 5.94. The van der Waals surface area contributed by atoms with Gasteiger partial charge in [-0.05, 0) is 48.1 Å². The molecule has 2 saturated carbocycles. The third-order valence-electron chi connectivity index (χ3n) is 5.55. The van der Waals surface area contributed by atoms with E-state index in [1.54, 1.807) is 6.07 Å². The number of halogens is 1. The van der Waals surface area contributed by atoms with E-state index in [0.29, 0.717) is 5.92 Å². The Hall–Kier alpha value is -1.45. The fourth-order valence-electron chi connectivity index (χ4n) is 4.43. The fraction of sp³-hybridized carbons (Fsp3) is 0.625. The summed E-state index contributed by atoms with van der Waals surface area (Å²) in [6, 6.07) is 3.17. The summed E-state index contributed by atoms with van der Waals surface area (Å²) in [5.41, 5.74) is 0.249. The third kappa shape index (κ3) is 1.85. The van der Waals surface area contributed by atoms with Crippen LogP contribution >= 0.6 is 0 Å². The van der Waals surface area contributed by atoms with E-state index in [9.17, 15) is 9.18 Å². The fourth-order valence-corrected chi connectivity index (χ4v) is 4.43. The van der Waals surface area contributed by atoms with Gasteiger partial charge in [0.2, 0.25) is 5.95 Å². The summed E-state index contributed by atoms with van der Waals surface area (Å²) in [4.78, 5) is 15.9. The number of pyridine rings is 1. The zero-order valence-corrected chi connectivity index (χ0v) is 12.2. The number of hydrogen-bond acceptors (Lipinski definition) is 2. The molecule has 0 aromatic carbocycles. The molecule has 3 unspecified atom stereocenters. The summed E-state index contributed by atoms with van der Waals surface area (Å²) in [6.45, 7) is 6.67. The standard InChI is InChI=1S/C16H21FN2O/c1-15(2)10-6-7-16(3,9-10)14(15)19-13(20)11-5-4-8-18-12(11)17/h4-5,8,10,14H,6-7,9H2,1-3H3,(H,19,20). The Morgan fingerprint density at radius 3 is 2.80 bits per heavy atom. The van der Waals surface area contributed by atoms with Gasteiger partial charge in [0.05, 0.1) is 5.56 Å². The molecule has 4 heteroatoms. The van der Waals surface area contributed by atoms with Gasteiger partial charge in [0.25, 0.3) is 5.91 Å². The quantitative estimate of drug-likeness (QED) is 0.843. The van der Waals surface area contributed by atoms with Crippen LogP contribution in [0.2, 0.25) is 0 Å². The van der Waals surface area contributed by atoms with Crippen molar-refractivity contribution in [3.05, 3.63) is 29.8 Å². The molecule has 20 heavy (non-hydrogen) atoms. The molecule has 1 heterocycles. The second-order valence-corrected chi connectivity index (χ2v) is 7.16. The third-order valence-corrected chi connectivity index (χ3v) is 5.55. The average Bonchev–Trinajstić information content (AvgIpc) is 2.86. The van der Waals surface area contributed by atoms with Crippen molar-refractivity contribution in [1.29, 1.82) is 0 Å². The number of rotatable bonds is 2. The highest BCUT2D eigenvalue weighted by Gasteiger charge is 2.59. The van der Waals surface area contributed by atoms with Crippen molar-refractivity contribution in [1.82, 2.24) is 10.3 Å². The van der Waals surface area contributed by atoms with Gasteiger partial charge >= 0.3 is 0 Å². The van der Waals surface area contributed by atoms with Gasteiger partial charge in [-0.15, -0.1) is 0 Å². The smallest absolute Gasteiger partial charge is 0.256 e. The SMILES string of the molecule is CC12CCC(C1)C(C)(C)C2NC(=O)c1cccnc1F. The Balaban J connectivity index is 1.85. The molecule has 2 aliphatic carbocycles. The maximum absolute atomic E-state index is 13.6. The second-order valence-electron chi connectivity index (χ2n) is 7.16. The lowest BCUT2D eigenvalue weighted by molar-refractivity contribution is 0.0733. The zero-order valence-electron chi connectivity index (χ0n) is 12.2. The summed E-state index contributed by atoms with van der Waals surface area (Å²) in [6.07, 6.45) is 4.88.